The third kappa shape index (κ3) is 2.93. The van der Waals surface area contributed by atoms with Gasteiger partial charge in [-0.2, -0.15) is 0 Å². The third-order valence-electron chi connectivity index (χ3n) is 3.72. The van der Waals surface area contributed by atoms with Gasteiger partial charge >= 0.3 is 0 Å². The van der Waals surface area contributed by atoms with Crippen LogP contribution in [0.5, 0.6) is 0 Å². The Hall–Kier alpha value is -1.06. The Kier molecular flexibility index (Phi) is 3.76. The number of rotatable bonds is 5. The van der Waals surface area contributed by atoms with Crippen molar-refractivity contribution in [3.63, 3.8) is 0 Å². The molecule has 1 aliphatic carbocycles. The molecule has 0 bridgehead atoms. The minimum atomic E-state index is 0.204. The van der Waals surface area contributed by atoms with E-state index in [1.165, 1.54) is 18.4 Å². The summed E-state index contributed by atoms with van der Waals surface area (Å²) in [6.07, 6.45) is 4.36. The van der Waals surface area contributed by atoms with Crippen molar-refractivity contribution in [1.82, 2.24) is 5.32 Å². The van der Waals surface area contributed by atoms with Crippen molar-refractivity contribution >= 4 is 15.9 Å². The predicted molar refractivity (Wildman–Crippen MR) is 79.9 cm³/mol. The fraction of sp³-hybridized carbons (Fsp3) is 0.375. The molecule has 3 rings (SSSR count). The molecule has 0 radical (unpaired) electrons. The molecule has 3 heteroatoms. The monoisotopic (exact) mass is 319 g/mol. The van der Waals surface area contributed by atoms with Crippen molar-refractivity contribution in [3.05, 3.63) is 58.5 Å². The Bertz CT molecular complexity index is 533. The van der Waals surface area contributed by atoms with E-state index in [1.54, 1.807) is 6.26 Å². The van der Waals surface area contributed by atoms with Gasteiger partial charge in [0.2, 0.25) is 0 Å². The van der Waals surface area contributed by atoms with Gasteiger partial charge in [0.25, 0.3) is 0 Å². The van der Waals surface area contributed by atoms with E-state index in [2.05, 4.69) is 58.5 Å². The second kappa shape index (κ2) is 5.51. The summed E-state index contributed by atoms with van der Waals surface area (Å²) in [5.74, 6) is 1.74. The highest BCUT2D eigenvalue weighted by Gasteiger charge is 2.33. The van der Waals surface area contributed by atoms with Crippen LogP contribution in [0.3, 0.4) is 0 Å². The van der Waals surface area contributed by atoms with Crippen LogP contribution in [0.25, 0.3) is 0 Å². The lowest BCUT2D eigenvalue weighted by molar-refractivity contribution is 0.370. The normalized spacial score (nSPS) is 18.2. The molecule has 0 spiro atoms. The lowest BCUT2D eigenvalue weighted by Gasteiger charge is -2.23. The summed E-state index contributed by atoms with van der Waals surface area (Å²) in [5.41, 5.74) is 1.37. The van der Waals surface area contributed by atoms with E-state index in [9.17, 15) is 0 Å². The maximum absolute atomic E-state index is 5.55. The second-order valence-electron chi connectivity index (χ2n) is 5.25. The van der Waals surface area contributed by atoms with Gasteiger partial charge in [-0.3, -0.25) is 0 Å². The molecule has 2 nitrogen and oxygen atoms in total. The lowest BCUT2D eigenvalue weighted by atomic mass is 10.0. The molecule has 19 heavy (non-hydrogen) atoms. The first kappa shape index (κ1) is 12.9. The van der Waals surface area contributed by atoms with Gasteiger partial charge in [0.05, 0.1) is 16.8 Å². The maximum atomic E-state index is 5.55. The highest BCUT2D eigenvalue weighted by molar-refractivity contribution is 9.10. The molecule has 2 aromatic rings. The zero-order chi connectivity index (χ0) is 13.2. The molecular weight excluding hydrogens is 302 g/mol. The molecule has 1 aliphatic rings. The van der Waals surface area contributed by atoms with E-state index >= 15 is 0 Å². The first-order valence-corrected chi connectivity index (χ1v) is 7.59. The van der Waals surface area contributed by atoms with E-state index < -0.39 is 0 Å². The number of hydrogen-bond acceptors (Lipinski definition) is 2. The van der Waals surface area contributed by atoms with Crippen molar-refractivity contribution in [1.29, 1.82) is 0 Å². The minimum Gasteiger partial charge on any atom is -0.466 e. The molecule has 1 aromatic heterocycles. The first-order chi connectivity index (χ1) is 9.25. The molecule has 0 aliphatic heterocycles. The summed E-state index contributed by atoms with van der Waals surface area (Å²) >= 11 is 3.53. The zero-order valence-corrected chi connectivity index (χ0v) is 12.6. The van der Waals surface area contributed by atoms with Crippen LogP contribution in [0.2, 0.25) is 0 Å². The summed E-state index contributed by atoms with van der Waals surface area (Å²) in [7, 11) is 0. The van der Waals surface area contributed by atoms with Crippen LogP contribution < -0.4 is 5.32 Å². The van der Waals surface area contributed by atoms with Crippen LogP contribution in [-0.4, -0.2) is 0 Å². The SMILES string of the molecule is CC(NC(c1ccccc1)C1CC1)c1occc1Br. The lowest BCUT2D eigenvalue weighted by Crippen LogP contribution is -2.26. The minimum absolute atomic E-state index is 0.204. The third-order valence-corrected chi connectivity index (χ3v) is 4.37. The molecule has 1 N–H and O–H groups in total. The van der Waals surface area contributed by atoms with E-state index in [0.29, 0.717) is 6.04 Å². The van der Waals surface area contributed by atoms with Gasteiger partial charge < -0.3 is 9.73 Å². The Morgan fingerprint density at radius 2 is 1.95 bits per heavy atom. The van der Waals surface area contributed by atoms with Crippen molar-refractivity contribution in [3.8, 4) is 0 Å². The van der Waals surface area contributed by atoms with Crippen molar-refractivity contribution < 1.29 is 4.42 Å². The number of halogens is 1. The maximum Gasteiger partial charge on any atom is 0.134 e. The summed E-state index contributed by atoms with van der Waals surface area (Å²) in [6.45, 7) is 2.15. The summed E-state index contributed by atoms with van der Waals surface area (Å²) < 4.78 is 6.59. The van der Waals surface area contributed by atoms with Gasteiger partial charge in [-0.05, 0) is 53.2 Å². The molecular formula is C16H18BrNO. The zero-order valence-electron chi connectivity index (χ0n) is 11.0. The van der Waals surface area contributed by atoms with Crippen LogP contribution in [0.15, 0.2) is 51.6 Å². The first-order valence-electron chi connectivity index (χ1n) is 6.79. The molecule has 0 amide bonds. The fourth-order valence-electron chi connectivity index (χ4n) is 2.55. The average Bonchev–Trinajstić information content (AvgIpc) is 3.18. The van der Waals surface area contributed by atoms with Crippen molar-refractivity contribution in [2.45, 2.75) is 31.8 Å². The van der Waals surface area contributed by atoms with E-state index in [1.807, 2.05) is 6.07 Å². The molecule has 0 saturated heterocycles. The molecule has 1 heterocycles. The number of nitrogens with one attached hydrogen (secondary N) is 1. The molecule has 2 atom stereocenters. The summed E-state index contributed by atoms with van der Waals surface area (Å²) in [6, 6.07) is 13.3. The average molecular weight is 320 g/mol. The summed E-state index contributed by atoms with van der Waals surface area (Å²) in [5, 5.41) is 3.71. The van der Waals surface area contributed by atoms with Gasteiger partial charge in [0.15, 0.2) is 0 Å². The Balaban J connectivity index is 1.77. The molecule has 1 saturated carbocycles. The van der Waals surface area contributed by atoms with Crippen molar-refractivity contribution in [2.75, 3.05) is 0 Å². The second-order valence-corrected chi connectivity index (χ2v) is 6.10. The van der Waals surface area contributed by atoms with Gasteiger partial charge in [-0.15, -0.1) is 0 Å². The quantitative estimate of drug-likeness (QED) is 0.852. The van der Waals surface area contributed by atoms with E-state index in [0.717, 1.165) is 16.2 Å². The Morgan fingerprint density at radius 1 is 1.21 bits per heavy atom. The van der Waals surface area contributed by atoms with Crippen LogP contribution in [0.4, 0.5) is 0 Å². The molecule has 1 fully saturated rings. The van der Waals surface area contributed by atoms with Crippen LogP contribution in [-0.2, 0) is 0 Å². The number of furan rings is 1. The van der Waals surface area contributed by atoms with Crippen LogP contribution in [0.1, 0.15) is 43.2 Å². The Morgan fingerprint density at radius 3 is 2.53 bits per heavy atom. The number of hydrogen-bond donors (Lipinski definition) is 1. The largest absolute Gasteiger partial charge is 0.466 e. The topological polar surface area (TPSA) is 25.2 Å². The fourth-order valence-corrected chi connectivity index (χ4v) is 3.10. The highest BCUT2D eigenvalue weighted by atomic mass is 79.9. The van der Waals surface area contributed by atoms with Crippen LogP contribution >= 0.6 is 15.9 Å². The van der Waals surface area contributed by atoms with Crippen molar-refractivity contribution in [2.24, 2.45) is 5.92 Å². The summed E-state index contributed by atoms with van der Waals surface area (Å²) in [4.78, 5) is 0. The van der Waals surface area contributed by atoms with Crippen LogP contribution in [0, 0.1) is 5.92 Å². The smallest absolute Gasteiger partial charge is 0.134 e. The van der Waals surface area contributed by atoms with Gasteiger partial charge in [0.1, 0.15) is 5.76 Å². The van der Waals surface area contributed by atoms with E-state index in [-0.39, 0.29) is 6.04 Å². The van der Waals surface area contributed by atoms with E-state index in [4.69, 9.17) is 4.42 Å². The number of benzene rings is 1. The van der Waals surface area contributed by atoms with Gasteiger partial charge in [0, 0.05) is 6.04 Å². The van der Waals surface area contributed by atoms with Gasteiger partial charge in [-0.25, -0.2) is 0 Å². The molecule has 1 aromatic carbocycles. The highest BCUT2D eigenvalue weighted by Crippen LogP contribution is 2.42. The van der Waals surface area contributed by atoms with Gasteiger partial charge in [-0.1, -0.05) is 30.3 Å². The standard InChI is InChI=1S/C16H18BrNO/c1-11(16-14(17)9-10-19-16)18-15(13-7-8-13)12-5-3-2-4-6-12/h2-6,9-11,13,15,18H,7-8H2,1H3. The Labute approximate surface area is 122 Å². The molecule has 100 valence electrons. The predicted octanol–water partition coefficient (Wildman–Crippen LogP) is 4.84. The molecule has 2 unspecified atom stereocenters.